The normalized spacial score (nSPS) is 10.5. The van der Waals surface area contributed by atoms with Crippen LogP contribution in [0.1, 0.15) is 10.4 Å². The van der Waals surface area contributed by atoms with E-state index in [2.05, 4.69) is 21.0 Å². The molecular weight excluding hydrogens is 290 g/mol. The number of rotatable bonds is 2. The quantitative estimate of drug-likeness (QED) is 0.898. The lowest BCUT2D eigenvalue weighted by atomic mass is 10.3. The highest BCUT2D eigenvalue weighted by Crippen LogP contribution is 2.11. The summed E-state index contributed by atoms with van der Waals surface area (Å²) in [4.78, 5) is 22.7. The summed E-state index contributed by atoms with van der Waals surface area (Å²) in [7, 11) is 1.71. The summed E-state index contributed by atoms with van der Waals surface area (Å²) in [5.41, 5.74) is 0.213. The van der Waals surface area contributed by atoms with E-state index in [9.17, 15) is 9.59 Å². The molecule has 0 aliphatic carbocycles. The summed E-state index contributed by atoms with van der Waals surface area (Å²) >= 11 is 3.05. The van der Waals surface area contributed by atoms with Crippen LogP contribution in [0, 0.1) is 0 Å². The second-order valence-corrected chi connectivity index (χ2v) is 4.28. The maximum atomic E-state index is 11.8. The van der Waals surface area contributed by atoms with Crippen molar-refractivity contribution in [3.8, 4) is 5.69 Å². The van der Waals surface area contributed by atoms with E-state index < -0.39 is 5.97 Å². The molecule has 2 heterocycles. The number of carbonyl (C=O) groups is 1. The van der Waals surface area contributed by atoms with Gasteiger partial charge in [0.25, 0.3) is 5.56 Å². The van der Waals surface area contributed by atoms with E-state index in [0.29, 0.717) is 5.69 Å². The van der Waals surface area contributed by atoms with Crippen molar-refractivity contribution in [2.45, 2.75) is 0 Å². The number of carboxylic acid groups (broad SMARTS) is 1. The molecule has 2 aromatic heterocycles. The number of aromatic carboxylic acids is 1. The Morgan fingerprint density at radius 2 is 2.18 bits per heavy atom. The highest BCUT2D eigenvalue weighted by molar-refractivity contribution is 9.10. The molecule has 7 heteroatoms. The van der Waals surface area contributed by atoms with Crippen molar-refractivity contribution in [2.24, 2.45) is 7.05 Å². The molecule has 0 saturated carbocycles. The first-order valence-electron chi connectivity index (χ1n) is 4.63. The van der Waals surface area contributed by atoms with Crippen molar-refractivity contribution in [1.82, 2.24) is 14.3 Å². The van der Waals surface area contributed by atoms with E-state index in [0.717, 1.165) is 0 Å². The third kappa shape index (κ3) is 2.14. The summed E-state index contributed by atoms with van der Waals surface area (Å²) in [6, 6.07) is 1.28. The standard InChI is InChI=1S/C10H8BrN3O3/c1-13-5-7(3-12-13)14-4-6(10(16)17)2-8(11)9(14)15/h2-5H,1H3,(H,16,17). The van der Waals surface area contributed by atoms with E-state index in [1.54, 1.807) is 13.2 Å². The van der Waals surface area contributed by atoms with Crippen LogP contribution in [0.15, 0.2) is 33.9 Å². The lowest BCUT2D eigenvalue weighted by Crippen LogP contribution is -2.20. The van der Waals surface area contributed by atoms with E-state index in [1.807, 2.05) is 0 Å². The minimum atomic E-state index is -1.09. The van der Waals surface area contributed by atoms with Gasteiger partial charge in [0.05, 0.1) is 21.9 Å². The molecule has 0 radical (unpaired) electrons. The molecule has 2 aromatic rings. The lowest BCUT2D eigenvalue weighted by molar-refractivity contribution is 0.0696. The SMILES string of the molecule is Cn1cc(-n2cc(C(=O)O)cc(Br)c2=O)cn1. The fourth-order valence-corrected chi connectivity index (χ4v) is 1.83. The summed E-state index contributed by atoms with van der Waals surface area (Å²) in [5.74, 6) is -1.09. The topological polar surface area (TPSA) is 77.1 Å². The molecule has 0 unspecified atom stereocenters. The minimum Gasteiger partial charge on any atom is -0.478 e. The Morgan fingerprint density at radius 1 is 1.47 bits per heavy atom. The molecule has 88 valence electrons. The first kappa shape index (κ1) is 11.6. The Kier molecular flexibility index (Phi) is 2.84. The number of hydrogen-bond acceptors (Lipinski definition) is 3. The average Bonchev–Trinajstić information content (AvgIpc) is 2.68. The second-order valence-electron chi connectivity index (χ2n) is 3.43. The number of pyridine rings is 1. The van der Waals surface area contributed by atoms with Gasteiger partial charge in [-0.25, -0.2) is 4.79 Å². The fraction of sp³-hybridized carbons (Fsp3) is 0.100. The Bertz CT molecular complexity index is 644. The van der Waals surface area contributed by atoms with Crippen molar-refractivity contribution in [2.75, 3.05) is 0 Å². The van der Waals surface area contributed by atoms with Gasteiger partial charge in [-0.05, 0) is 22.0 Å². The van der Waals surface area contributed by atoms with Gasteiger partial charge in [0.2, 0.25) is 0 Å². The van der Waals surface area contributed by atoms with Crippen LogP contribution in [0.2, 0.25) is 0 Å². The van der Waals surface area contributed by atoms with E-state index in [4.69, 9.17) is 5.11 Å². The summed E-state index contributed by atoms with van der Waals surface area (Å²) in [5, 5.41) is 12.9. The zero-order valence-corrected chi connectivity index (χ0v) is 10.4. The molecule has 0 bridgehead atoms. The second kappa shape index (κ2) is 4.17. The van der Waals surface area contributed by atoms with Crippen LogP contribution >= 0.6 is 15.9 Å². The zero-order valence-electron chi connectivity index (χ0n) is 8.79. The van der Waals surface area contributed by atoms with Gasteiger partial charge in [0.15, 0.2) is 0 Å². The van der Waals surface area contributed by atoms with Crippen LogP contribution in [-0.4, -0.2) is 25.4 Å². The van der Waals surface area contributed by atoms with Crippen LogP contribution in [0.5, 0.6) is 0 Å². The molecule has 0 amide bonds. The van der Waals surface area contributed by atoms with Gasteiger partial charge in [-0.15, -0.1) is 0 Å². The van der Waals surface area contributed by atoms with Crippen molar-refractivity contribution < 1.29 is 9.90 Å². The third-order valence-electron chi connectivity index (χ3n) is 2.19. The molecule has 6 nitrogen and oxygen atoms in total. The van der Waals surface area contributed by atoms with Crippen molar-refractivity contribution in [3.63, 3.8) is 0 Å². The highest BCUT2D eigenvalue weighted by Gasteiger charge is 2.11. The highest BCUT2D eigenvalue weighted by atomic mass is 79.9. The number of aryl methyl sites for hydroxylation is 1. The van der Waals surface area contributed by atoms with E-state index in [1.165, 1.54) is 27.7 Å². The van der Waals surface area contributed by atoms with Crippen LogP contribution in [0.25, 0.3) is 5.69 Å². The molecule has 17 heavy (non-hydrogen) atoms. The Hall–Kier alpha value is -1.89. The number of nitrogens with zero attached hydrogens (tertiary/aromatic N) is 3. The lowest BCUT2D eigenvalue weighted by Gasteiger charge is -2.04. The van der Waals surface area contributed by atoms with Crippen LogP contribution < -0.4 is 5.56 Å². The number of halogens is 1. The van der Waals surface area contributed by atoms with Crippen LogP contribution in [0.4, 0.5) is 0 Å². The molecule has 0 aromatic carbocycles. The predicted molar refractivity (Wildman–Crippen MR) is 63.5 cm³/mol. The molecule has 0 aliphatic rings. The van der Waals surface area contributed by atoms with Gasteiger partial charge < -0.3 is 5.11 Å². The van der Waals surface area contributed by atoms with Gasteiger partial charge in [0, 0.05) is 19.4 Å². The van der Waals surface area contributed by atoms with Crippen LogP contribution in [0.3, 0.4) is 0 Å². The first-order chi connectivity index (χ1) is 7.99. The summed E-state index contributed by atoms with van der Waals surface area (Å²) in [6.07, 6.45) is 4.38. The first-order valence-corrected chi connectivity index (χ1v) is 5.43. The zero-order chi connectivity index (χ0) is 12.6. The molecule has 0 spiro atoms. The molecule has 2 rings (SSSR count). The average molecular weight is 298 g/mol. The van der Waals surface area contributed by atoms with Gasteiger partial charge in [0.1, 0.15) is 0 Å². The van der Waals surface area contributed by atoms with Crippen molar-refractivity contribution in [3.05, 3.63) is 45.0 Å². The van der Waals surface area contributed by atoms with E-state index in [-0.39, 0.29) is 15.6 Å². The smallest absolute Gasteiger partial charge is 0.337 e. The molecule has 0 fully saturated rings. The van der Waals surface area contributed by atoms with E-state index >= 15 is 0 Å². The Labute approximate surface area is 104 Å². The molecule has 1 N–H and O–H groups in total. The van der Waals surface area contributed by atoms with Crippen molar-refractivity contribution >= 4 is 21.9 Å². The number of hydrogen-bond donors (Lipinski definition) is 1. The summed E-state index contributed by atoms with van der Waals surface area (Å²) < 4.78 is 2.96. The van der Waals surface area contributed by atoms with Gasteiger partial charge in [-0.3, -0.25) is 14.0 Å². The predicted octanol–water partition coefficient (Wildman–Crippen LogP) is 1.03. The third-order valence-corrected chi connectivity index (χ3v) is 2.76. The fourth-order valence-electron chi connectivity index (χ4n) is 1.39. The number of aromatic nitrogens is 3. The van der Waals surface area contributed by atoms with Gasteiger partial charge in [-0.1, -0.05) is 0 Å². The Balaban J connectivity index is 2.68. The maximum absolute atomic E-state index is 11.8. The maximum Gasteiger partial charge on any atom is 0.337 e. The molecule has 0 saturated heterocycles. The molecular formula is C10H8BrN3O3. The van der Waals surface area contributed by atoms with Crippen LogP contribution in [-0.2, 0) is 7.05 Å². The van der Waals surface area contributed by atoms with Gasteiger partial charge >= 0.3 is 5.97 Å². The van der Waals surface area contributed by atoms with Crippen molar-refractivity contribution in [1.29, 1.82) is 0 Å². The van der Waals surface area contributed by atoms with Gasteiger partial charge in [-0.2, -0.15) is 5.10 Å². The minimum absolute atomic E-state index is 0.0281. The number of carboxylic acids is 1. The molecule has 0 aliphatic heterocycles. The Morgan fingerprint density at radius 3 is 2.71 bits per heavy atom. The molecule has 0 atom stereocenters. The monoisotopic (exact) mass is 297 g/mol. The summed E-state index contributed by atoms with van der Waals surface area (Å²) in [6.45, 7) is 0. The largest absolute Gasteiger partial charge is 0.478 e.